The second-order valence-electron chi connectivity index (χ2n) is 12.1. The number of halogens is 7. The van der Waals surface area contributed by atoms with Crippen molar-refractivity contribution in [2.45, 2.75) is 55.1 Å². The van der Waals surface area contributed by atoms with Crippen LogP contribution in [0.3, 0.4) is 0 Å². The second kappa shape index (κ2) is 15.4. The summed E-state index contributed by atoms with van der Waals surface area (Å²) in [5.41, 5.74) is 6.71. The molecule has 272 valence electrons. The zero-order valence-electron chi connectivity index (χ0n) is 26.9. The van der Waals surface area contributed by atoms with Crippen LogP contribution in [0, 0.1) is 23.3 Å². The molecule has 4 aromatic rings. The van der Waals surface area contributed by atoms with Crippen LogP contribution in [0.15, 0.2) is 89.8 Å². The van der Waals surface area contributed by atoms with Crippen LogP contribution in [0.1, 0.15) is 36.0 Å². The number of hydrogen-bond donors (Lipinski definition) is 3. The minimum absolute atomic E-state index is 0.00367. The molecule has 4 N–H and O–H groups in total. The third kappa shape index (κ3) is 9.05. The van der Waals surface area contributed by atoms with E-state index in [0.717, 1.165) is 54.6 Å². The van der Waals surface area contributed by atoms with E-state index in [1.54, 1.807) is 6.92 Å². The monoisotopic (exact) mass is 738 g/mol. The Hall–Kier alpha value is -4.51. The molecule has 0 unspecified atom stereocenters. The number of carbonyl (C=O) groups excluding carboxylic acids is 1. The Morgan fingerprint density at radius 1 is 0.922 bits per heavy atom. The summed E-state index contributed by atoms with van der Waals surface area (Å²) in [7, 11) is -4.25. The van der Waals surface area contributed by atoms with Gasteiger partial charge in [-0.15, -0.1) is 13.2 Å². The molecule has 51 heavy (non-hydrogen) atoms. The highest BCUT2D eigenvalue weighted by molar-refractivity contribution is 7.89. The van der Waals surface area contributed by atoms with Gasteiger partial charge in [0.25, 0.3) is 0 Å². The number of amides is 1. The van der Waals surface area contributed by atoms with E-state index in [2.05, 4.69) is 15.4 Å². The van der Waals surface area contributed by atoms with E-state index in [4.69, 9.17) is 5.73 Å². The number of ether oxygens (including phenoxy) is 1. The Bertz CT molecular complexity index is 1940. The van der Waals surface area contributed by atoms with Crippen LogP contribution in [-0.4, -0.2) is 56.2 Å². The molecule has 1 fully saturated rings. The minimum atomic E-state index is -4.96. The average Bonchev–Trinajstić information content (AvgIpc) is 3.04. The van der Waals surface area contributed by atoms with Crippen LogP contribution in [-0.2, 0) is 21.2 Å². The van der Waals surface area contributed by atoms with E-state index in [0.29, 0.717) is 6.07 Å². The molecule has 4 aromatic carbocycles. The molecule has 1 aliphatic rings. The smallest absolute Gasteiger partial charge is 0.406 e. The van der Waals surface area contributed by atoms with Crippen molar-refractivity contribution in [2.24, 2.45) is 5.73 Å². The van der Waals surface area contributed by atoms with Gasteiger partial charge in [0.15, 0.2) is 0 Å². The molecule has 0 saturated carbocycles. The number of benzene rings is 4. The molecule has 4 atom stereocenters. The van der Waals surface area contributed by atoms with Crippen LogP contribution < -0.4 is 21.1 Å². The van der Waals surface area contributed by atoms with Crippen LogP contribution in [0.2, 0.25) is 0 Å². The highest BCUT2D eigenvalue weighted by Crippen LogP contribution is 2.32. The number of sulfonamides is 1. The van der Waals surface area contributed by atoms with Crippen molar-refractivity contribution < 1.29 is 48.7 Å². The maximum Gasteiger partial charge on any atom is 0.573 e. The fourth-order valence-corrected chi connectivity index (χ4v) is 8.08. The number of nitrogens with one attached hydrogen (secondary N) is 2. The van der Waals surface area contributed by atoms with Gasteiger partial charge in [0, 0.05) is 48.4 Å². The zero-order valence-corrected chi connectivity index (χ0v) is 27.7. The first kappa shape index (κ1) is 37.7. The lowest BCUT2D eigenvalue weighted by Crippen LogP contribution is -2.58. The predicted octanol–water partition coefficient (Wildman–Crippen LogP) is 6.22. The number of carbonyl (C=O) groups is 1. The number of nitrogens with two attached hydrogens (primary N) is 1. The van der Waals surface area contributed by atoms with E-state index >= 15 is 4.39 Å². The summed E-state index contributed by atoms with van der Waals surface area (Å²) in [6.07, 6.45) is -4.97. The Labute approximate surface area is 289 Å². The van der Waals surface area contributed by atoms with Gasteiger partial charge in [0.2, 0.25) is 15.9 Å². The quantitative estimate of drug-likeness (QED) is 0.158. The number of alkyl halides is 3. The molecule has 0 spiro atoms. The summed E-state index contributed by atoms with van der Waals surface area (Å²) in [4.78, 5) is 13.3. The van der Waals surface area contributed by atoms with Gasteiger partial charge in [-0.1, -0.05) is 18.2 Å². The average molecular weight is 739 g/mol. The SMILES string of the molecule is C[C@H]1CNC[C@H](CCc2c(F)cccc2NC(=O)[C@@H](N)[C@@H](c2ccc(F)cc2)c2cc(F)cc(F)c2)N1S(=O)(=O)c1ccc(OC(F)(F)F)cc1. The normalized spacial score (nSPS) is 18.2. The Kier molecular flexibility index (Phi) is 11.4. The van der Waals surface area contributed by atoms with Gasteiger partial charge in [-0.25, -0.2) is 26.0 Å². The molecule has 0 bridgehead atoms. The number of piperazine rings is 1. The van der Waals surface area contributed by atoms with Crippen molar-refractivity contribution in [3.05, 3.63) is 125 Å². The maximum atomic E-state index is 15.4. The first-order valence-electron chi connectivity index (χ1n) is 15.7. The standard InChI is InChI=1S/C35H33F7N4O4S/c1-20-18-44-19-26(46(20)51(48,49)28-12-10-27(11-13-28)50-35(40,41)42)9-14-29-30(39)3-2-4-31(29)45-34(47)33(43)32(21-5-7-23(36)8-6-21)22-15-24(37)17-25(38)16-22/h2-8,10-13,15-17,20,26,32-33,44H,9,14,18-19,43H2,1H3,(H,45,47)/t20-,26-,32-,33-/m0/s1. The predicted molar refractivity (Wildman–Crippen MR) is 174 cm³/mol. The van der Waals surface area contributed by atoms with Crippen molar-refractivity contribution in [2.75, 3.05) is 18.4 Å². The van der Waals surface area contributed by atoms with E-state index in [1.807, 2.05) is 0 Å². The lowest BCUT2D eigenvalue weighted by atomic mass is 9.84. The molecule has 5 rings (SSSR count). The highest BCUT2D eigenvalue weighted by Gasteiger charge is 2.38. The second-order valence-corrected chi connectivity index (χ2v) is 13.9. The number of hydrogen-bond acceptors (Lipinski definition) is 6. The molecule has 16 heteroatoms. The lowest BCUT2D eigenvalue weighted by molar-refractivity contribution is -0.274. The van der Waals surface area contributed by atoms with Crippen molar-refractivity contribution in [1.29, 1.82) is 0 Å². The Morgan fingerprint density at radius 3 is 2.20 bits per heavy atom. The molecular weight excluding hydrogens is 705 g/mol. The summed E-state index contributed by atoms with van der Waals surface area (Å²) >= 11 is 0. The van der Waals surface area contributed by atoms with Crippen molar-refractivity contribution in [3.8, 4) is 5.75 Å². The van der Waals surface area contributed by atoms with E-state index < -0.39 is 75.4 Å². The number of anilines is 1. The van der Waals surface area contributed by atoms with Crippen molar-refractivity contribution in [3.63, 3.8) is 0 Å². The first-order chi connectivity index (χ1) is 24.0. The molecule has 1 amide bonds. The molecule has 0 aliphatic carbocycles. The molecular formula is C35H33F7N4O4S. The fourth-order valence-electron chi connectivity index (χ4n) is 6.24. The summed E-state index contributed by atoms with van der Waals surface area (Å²) in [5, 5.41) is 5.72. The van der Waals surface area contributed by atoms with E-state index in [-0.39, 0.29) is 53.2 Å². The summed E-state index contributed by atoms with van der Waals surface area (Å²) in [5.74, 6) is -5.74. The molecule has 1 saturated heterocycles. The topological polar surface area (TPSA) is 114 Å². The first-order valence-corrected chi connectivity index (χ1v) is 17.1. The van der Waals surface area contributed by atoms with Crippen LogP contribution in [0.25, 0.3) is 0 Å². The summed E-state index contributed by atoms with van der Waals surface area (Å²) < 4.78 is 128. The van der Waals surface area contributed by atoms with Gasteiger partial charge < -0.3 is 21.1 Å². The fraction of sp³-hybridized carbons (Fsp3) is 0.286. The summed E-state index contributed by atoms with van der Waals surface area (Å²) in [6, 6.07) is 12.4. The van der Waals surface area contributed by atoms with Gasteiger partial charge in [-0.2, -0.15) is 4.31 Å². The van der Waals surface area contributed by atoms with Crippen molar-refractivity contribution >= 4 is 21.6 Å². The molecule has 1 heterocycles. The van der Waals surface area contributed by atoms with E-state index in [9.17, 15) is 39.6 Å². The Balaban J connectivity index is 1.37. The van der Waals surface area contributed by atoms with Gasteiger partial charge in [0.05, 0.1) is 10.9 Å². The van der Waals surface area contributed by atoms with E-state index in [1.165, 1.54) is 28.6 Å². The van der Waals surface area contributed by atoms with Crippen LogP contribution in [0.5, 0.6) is 5.75 Å². The minimum Gasteiger partial charge on any atom is -0.406 e. The lowest BCUT2D eigenvalue weighted by Gasteiger charge is -2.40. The van der Waals surface area contributed by atoms with Gasteiger partial charge in [-0.3, -0.25) is 4.79 Å². The van der Waals surface area contributed by atoms with Crippen LogP contribution >= 0.6 is 0 Å². The third-order valence-corrected chi connectivity index (χ3v) is 10.6. The number of rotatable bonds is 11. The molecule has 0 aromatic heterocycles. The summed E-state index contributed by atoms with van der Waals surface area (Å²) in [6.45, 7) is 2.09. The Morgan fingerprint density at radius 2 is 1.57 bits per heavy atom. The van der Waals surface area contributed by atoms with Gasteiger partial charge in [-0.05, 0) is 91.6 Å². The largest absolute Gasteiger partial charge is 0.573 e. The zero-order chi connectivity index (χ0) is 37.1. The third-order valence-electron chi connectivity index (χ3n) is 8.49. The van der Waals surface area contributed by atoms with Crippen molar-refractivity contribution in [1.82, 2.24) is 9.62 Å². The maximum absolute atomic E-state index is 15.4. The molecule has 1 aliphatic heterocycles. The highest BCUT2D eigenvalue weighted by atomic mass is 32.2. The molecule has 8 nitrogen and oxygen atoms in total. The van der Waals surface area contributed by atoms with Gasteiger partial charge >= 0.3 is 6.36 Å². The molecule has 0 radical (unpaired) electrons. The van der Waals surface area contributed by atoms with Gasteiger partial charge in [0.1, 0.15) is 29.0 Å². The number of nitrogens with zero attached hydrogens (tertiary/aromatic N) is 1. The van der Waals surface area contributed by atoms with Crippen LogP contribution in [0.4, 0.5) is 36.4 Å².